The highest BCUT2D eigenvalue weighted by Crippen LogP contribution is 2.41. The van der Waals surface area contributed by atoms with Crippen molar-refractivity contribution in [3.63, 3.8) is 0 Å². The van der Waals surface area contributed by atoms with Crippen LogP contribution in [0.5, 0.6) is 6.01 Å². The van der Waals surface area contributed by atoms with Crippen LogP contribution in [0.25, 0.3) is 0 Å². The molecule has 1 aromatic heterocycles. The normalized spacial score (nSPS) is 20.2. The van der Waals surface area contributed by atoms with E-state index in [9.17, 15) is 4.79 Å². The number of nitrogens with zero attached hydrogens (tertiary/aromatic N) is 4. The van der Waals surface area contributed by atoms with Crippen molar-refractivity contribution >= 4 is 11.8 Å². The van der Waals surface area contributed by atoms with Gasteiger partial charge in [-0.05, 0) is 74.4 Å². The summed E-state index contributed by atoms with van der Waals surface area (Å²) in [5, 5.41) is 0. The Kier molecular flexibility index (Phi) is 5.30. The third-order valence-corrected chi connectivity index (χ3v) is 7.46. The maximum absolute atomic E-state index is 11.8. The maximum Gasteiger partial charge on any atom is 0.338 e. The van der Waals surface area contributed by atoms with E-state index in [4.69, 9.17) is 9.47 Å². The van der Waals surface area contributed by atoms with Crippen molar-refractivity contribution in [3.8, 4) is 6.01 Å². The first-order valence-corrected chi connectivity index (χ1v) is 11.2. The molecule has 7 nitrogen and oxygen atoms in total. The van der Waals surface area contributed by atoms with E-state index in [0.29, 0.717) is 18.0 Å². The summed E-state index contributed by atoms with van der Waals surface area (Å²) in [5.41, 5.74) is 4.78. The Morgan fingerprint density at radius 3 is 2.77 bits per heavy atom. The van der Waals surface area contributed by atoms with E-state index < -0.39 is 0 Å². The van der Waals surface area contributed by atoms with Crippen LogP contribution in [0.3, 0.4) is 0 Å². The van der Waals surface area contributed by atoms with E-state index in [1.807, 2.05) is 12.1 Å². The minimum Gasteiger partial charge on any atom is -0.467 e. The zero-order valence-corrected chi connectivity index (χ0v) is 18.4. The van der Waals surface area contributed by atoms with Gasteiger partial charge in [0.25, 0.3) is 0 Å². The lowest BCUT2D eigenvalue weighted by atomic mass is 9.77. The third-order valence-electron chi connectivity index (χ3n) is 7.46. The predicted octanol–water partition coefficient (Wildman–Crippen LogP) is 3.00. The zero-order valence-electron chi connectivity index (χ0n) is 18.4. The van der Waals surface area contributed by atoms with Crippen LogP contribution in [-0.4, -0.2) is 60.7 Å². The summed E-state index contributed by atoms with van der Waals surface area (Å²) in [7, 11) is 1.61. The number of esters is 1. The number of aromatic nitrogens is 2. The number of hydrogen-bond acceptors (Lipinski definition) is 7. The molecule has 3 aliphatic heterocycles. The number of carbonyl (C=O) groups excluding carboxylic acids is 1. The van der Waals surface area contributed by atoms with Gasteiger partial charge in [0.1, 0.15) is 12.4 Å². The molecule has 0 amide bonds. The molecule has 0 aliphatic carbocycles. The lowest BCUT2D eigenvalue weighted by Crippen LogP contribution is -2.42. The lowest BCUT2D eigenvalue weighted by Gasteiger charge is -2.39. The first-order chi connectivity index (χ1) is 15.1. The fourth-order valence-corrected chi connectivity index (χ4v) is 5.34. The number of piperidine rings is 1. The lowest BCUT2D eigenvalue weighted by molar-refractivity contribution is 0.0535. The average molecular weight is 423 g/mol. The van der Waals surface area contributed by atoms with Crippen LogP contribution in [0.15, 0.2) is 24.4 Å². The van der Waals surface area contributed by atoms with Gasteiger partial charge in [-0.1, -0.05) is 6.07 Å². The smallest absolute Gasteiger partial charge is 0.338 e. The molecule has 0 radical (unpaired) electrons. The number of methoxy groups -OCH3 is 1. The Hall–Kier alpha value is -2.67. The third kappa shape index (κ3) is 3.87. The van der Waals surface area contributed by atoms with E-state index in [1.165, 1.54) is 30.4 Å². The predicted molar refractivity (Wildman–Crippen MR) is 118 cm³/mol. The molecule has 31 heavy (non-hydrogen) atoms. The molecule has 164 valence electrons. The average Bonchev–Trinajstić information content (AvgIpc) is 3.39. The Labute approximate surface area is 183 Å². The van der Waals surface area contributed by atoms with Gasteiger partial charge in [-0.25, -0.2) is 9.78 Å². The maximum atomic E-state index is 11.8. The standard InChI is InChI=1S/C24H30N4O3/c1-17-18(3-4-19-20(17)15-31-22(19)29)6-11-27-12-7-24(8-13-27)9-14-28(16-24)21-5-10-25-23(26-21)30-2/h3-5,10H,6-9,11-16H2,1-2H3. The van der Waals surface area contributed by atoms with E-state index >= 15 is 0 Å². The molecule has 7 heteroatoms. The number of benzene rings is 1. The largest absolute Gasteiger partial charge is 0.467 e. The Morgan fingerprint density at radius 2 is 1.97 bits per heavy atom. The minimum absolute atomic E-state index is 0.183. The molecular formula is C24H30N4O3. The van der Waals surface area contributed by atoms with Gasteiger partial charge in [-0.2, -0.15) is 4.98 Å². The summed E-state index contributed by atoms with van der Waals surface area (Å²) >= 11 is 0. The van der Waals surface area contributed by atoms with Crippen molar-refractivity contribution in [2.75, 3.05) is 44.7 Å². The number of hydrogen-bond donors (Lipinski definition) is 0. The number of likely N-dealkylation sites (tertiary alicyclic amines) is 1. The number of ether oxygens (including phenoxy) is 2. The van der Waals surface area contributed by atoms with E-state index in [2.05, 4.69) is 32.8 Å². The van der Waals surface area contributed by atoms with Gasteiger partial charge >= 0.3 is 12.0 Å². The first kappa shape index (κ1) is 20.2. The first-order valence-electron chi connectivity index (χ1n) is 11.2. The summed E-state index contributed by atoms with van der Waals surface area (Å²) in [6, 6.07) is 6.46. The topological polar surface area (TPSA) is 67.8 Å². The molecule has 3 aliphatic rings. The fourth-order valence-electron chi connectivity index (χ4n) is 5.34. The molecule has 1 spiro atoms. The van der Waals surface area contributed by atoms with Crippen LogP contribution in [0.4, 0.5) is 5.82 Å². The van der Waals surface area contributed by atoms with Gasteiger partial charge < -0.3 is 19.3 Å². The van der Waals surface area contributed by atoms with Crippen LogP contribution in [0, 0.1) is 12.3 Å². The highest BCUT2D eigenvalue weighted by atomic mass is 16.5. The van der Waals surface area contributed by atoms with Crippen LogP contribution >= 0.6 is 0 Å². The monoisotopic (exact) mass is 422 g/mol. The van der Waals surface area contributed by atoms with Crippen LogP contribution in [0.2, 0.25) is 0 Å². The molecule has 2 aromatic rings. The van der Waals surface area contributed by atoms with E-state index in [1.54, 1.807) is 13.3 Å². The van der Waals surface area contributed by atoms with Crippen molar-refractivity contribution in [1.82, 2.24) is 14.9 Å². The molecule has 0 unspecified atom stereocenters. The van der Waals surface area contributed by atoms with Gasteiger partial charge in [-0.15, -0.1) is 0 Å². The van der Waals surface area contributed by atoms with Crippen LogP contribution < -0.4 is 9.64 Å². The second-order valence-electron chi connectivity index (χ2n) is 9.12. The fraction of sp³-hybridized carbons (Fsp3) is 0.542. The molecule has 0 atom stereocenters. The van der Waals surface area contributed by atoms with E-state index in [0.717, 1.165) is 56.1 Å². The molecule has 0 saturated carbocycles. The Morgan fingerprint density at radius 1 is 1.16 bits per heavy atom. The van der Waals surface area contributed by atoms with Gasteiger partial charge in [0.2, 0.25) is 0 Å². The Balaban J connectivity index is 1.16. The summed E-state index contributed by atoms with van der Waals surface area (Å²) in [6.45, 7) is 8.02. The summed E-state index contributed by atoms with van der Waals surface area (Å²) in [4.78, 5) is 25.4. The van der Waals surface area contributed by atoms with Crippen molar-refractivity contribution in [2.45, 2.75) is 39.2 Å². The van der Waals surface area contributed by atoms with Crippen molar-refractivity contribution in [3.05, 3.63) is 46.6 Å². The van der Waals surface area contributed by atoms with Crippen LogP contribution in [-0.2, 0) is 17.8 Å². The number of carbonyl (C=O) groups is 1. The second-order valence-corrected chi connectivity index (χ2v) is 9.12. The molecule has 5 rings (SSSR count). The molecular weight excluding hydrogens is 392 g/mol. The number of fused-ring (bicyclic) bond motifs is 1. The summed E-state index contributed by atoms with van der Waals surface area (Å²) < 4.78 is 10.4. The highest BCUT2D eigenvalue weighted by Gasteiger charge is 2.41. The molecule has 0 N–H and O–H groups in total. The second kappa shape index (κ2) is 8.11. The quantitative estimate of drug-likeness (QED) is 0.686. The van der Waals surface area contributed by atoms with Gasteiger partial charge in [0, 0.05) is 31.4 Å². The molecule has 2 saturated heterocycles. The van der Waals surface area contributed by atoms with Crippen molar-refractivity contribution in [2.24, 2.45) is 5.41 Å². The molecule has 0 bridgehead atoms. The molecule has 1 aromatic carbocycles. The van der Waals surface area contributed by atoms with Crippen LogP contribution in [0.1, 0.15) is 46.3 Å². The molecule has 4 heterocycles. The zero-order chi connectivity index (χ0) is 21.4. The SMILES string of the molecule is COc1nccc(N2CCC3(CCN(CCc4ccc5c(c4C)COC5=O)CC3)C2)n1. The van der Waals surface area contributed by atoms with Crippen molar-refractivity contribution < 1.29 is 14.3 Å². The number of cyclic esters (lactones) is 1. The summed E-state index contributed by atoms with van der Waals surface area (Å²) in [5.74, 6) is 0.790. The van der Waals surface area contributed by atoms with Gasteiger partial charge in [0.05, 0.1) is 12.7 Å². The van der Waals surface area contributed by atoms with Gasteiger partial charge in [0.15, 0.2) is 0 Å². The van der Waals surface area contributed by atoms with Crippen molar-refractivity contribution in [1.29, 1.82) is 0 Å². The molecule has 2 fully saturated rings. The number of rotatable bonds is 5. The van der Waals surface area contributed by atoms with E-state index in [-0.39, 0.29) is 5.97 Å². The summed E-state index contributed by atoms with van der Waals surface area (Å²) in [6.07, 6.45) is 6.49. The van der Waals surface area contributed by atoms with Gasteiger partial charge in [-0.3, -0.25) is 0 Å². The highest BCUT2D eigenvalue weighted by molar-refractivity contribution is 5.93. The Bertz CT molecular complexity index is 985. The minimum atomic E-state index is -0.183. The number of anilines is 1.